The molecule has 2 aromatic carbocycles. The van der Waals surface area contributed by atoms with Gasteiger partial charge in [-0.1, -0.05) is 48.5 Å². The number of methoxy groups -OCH3 is 1. The largest absolute Gasteiger partial charge is 0.481 e. The Bertz CT molecular complexity index is 1010. The van der Waals surface area contributed by atoms with Crippen LogP contribution in [0.25, 0.3) is 11.1 Å². The van der Waals surface area contributed by atoms with E-state index in [0.29, 0.717) is 0 Å². The Labute approximate surface area is 197 Å². The zero-order valence-corrected chi connectivity index (χ0v) is 18.9. The Morgan fingerprint density at radius 2 is 1.76 bits per heavy atom. The van der Waals surface area contributed by atoms with E-state index in [1.807, 2.05) is 36.4 Å². The first-order valence-electron chi connectivity index (χ1n) is 11.2. The van der Waals surface area contributed by atoms with E-state index in [1.54, 1.807) is 0 Å². The first kappa shape index (κ1) is 23.7. The fourth-order valence-corrected chi connectivity index (χ4v) is 4.46. The van der Waals surface area contributed by atoms with Gasteiger partial charge in [-0.2, -0.15) is 0 Å². The average molecular weight is 469 g/mol. The summed E-state index contributed by atoms with van der Waals surface area (Å²) in [6.07, 6.45) is -1.62. The molecule has 2 N–H and O–H groups in total. The number of fused-ring (bicyclic) bond motifs is 3. The van der Waals surface area contributed by atoms with Crippen LogP contribution < -0.4 is 5.32 Å². The lowest BCUT2D eigenvalue weighted by molar-refractivity contribution is -0.146. The molecule has 0 saturated carbocycles. The monoisotopic (exact) mass is 468 g/mol. The summed E-state index contributed by atoms with van der Waals surface area (Å²) in [7, 11) is 1.37. The molecule has 0 radical (unpaired) electrons. The SMILES string of the molecule is COC(CNC(=O)OCC1c2ccccc2-c2ccccc21)C(=O)N1CCOCC(C(=O)O)C1. The molecule has 1 aliphatic carbocycles. The van der Waals surface area contributed by atoms with E-state index in [4.69, 9.17) is 14.2 Å². The highest BCUT2D eigenvalue weighted by atomic mass is 16.5. The number of carbonyl (C=O) groups excluding carboxylic acids is 2. The highest BCUT2D eigenvalue weighted by Gasteiger charge is 2.32. The van der Waals surface area contributed by atoms with E-state index in [2.05, 4.69) is 17.4 Å². The van der Waals surface area contributed by atoms with Gasteiger partial charge in [0.25, 0.3) is 5.91 Å². The zero-order valence-electron chi connectivity index (χ0n) is 18.9. The van der Waals surface area contributed by atoms with Crippen molar-refractivity contribution in [3.8, 4) is 11.1 Å². The Balaban J connectivity index is 1.33. The van der Waals surface area contributed by atoms with Crippen LogP contribution in [0.2, 0.25) is 0 Å². The summed E-state index contributed by atoms with van der Waals surface area (Å²) in [5.74, 6) is -2.30. The number of nitrogens with zero attached hydrogens (tertiary/aromatic N) is 1. The molecule has 9 heteroatoms. The molecule has 0 bridgehead atoms. The molecular weight excluding hydrogens is 440 g/mol. The predicted octanol–water partition coefficient (Wildman–Crippen LogP) is 2.10. The second kappa shape index (κ2) is 10.7. The Morgan fingerprint density at radius 3 is 2.38 bits per heavy atom. The number of hydrogen-bond acceptors (Lipinski definition) is 6. The lowest BCUT2D eigenvalue weighted by Gasteiger charge is -2.26. The third-order valence-corrected chi connectivity index (χ3v) is 6.26. The molecule has 2 aromatic rings. The number of nitrogens with one attached hydrogen (secondary N) is 1. The number of benzene rings is 2. The van der Waals surface area contributed by atoms with Crippen LogP contribution in [0.15, 0.2) is 48.5 Å². The second-order valence-corrected chi connectivity index (χ2v) is 8.33. The third-order valence-electron chi connectivity index (χ3n) is 6.26. The predicted molar refractivity (Wildman–Crippen MR) is 122 cm³/mol. The van der Waals surface area contributed by atoms with Crippen molar-refractivity contribution in [1.82, 2.24) is 10.2 Å². The Morgan fingerprint density at radius 1 is 1.12 bits per heavy atom. The summed E-state index contributed by atoms with van der Waals surface area (Å²) in [4.78, 5) is 38.0. The third kappa shape index (κ3) is 5.05. The van der Waals surface area contributed by atoms with Crippen LogP contribution in [-0.4, -0.2) is 80.6 Å². The first-order valence-corrected chi connectivity index (χ1v) is 11.2. The van der Waals surface area contributed by atoms with E-state index in [9.17, 15) is 19.5 Å². The molecule has 2 aliphatic rings. The van der Waals surface area contributed by atoms with Gasteiger partial charge in [-0.25, -0.2) is 4.79 Å². The highest BCUT2D eigenvalue weighted by Crippen LogP contribution is 2.44. The zero-order chi connectivity index (χ0) is 24.1. The fraction of sp³-hybridized carbons (Fsp3) is 0.400. The van der Waals surface area contributed by atoms with Crippen molar-refractivity contribution in [1.29, 1.82) is 0 Å². The summed E-state index contributed by atoms with van der Waals surface area (Å²) >= 11 is 0. The minimum absolute atomic E-state index is 0.0268. The molecule has 180 valence electrons. The van der Waals surface area contributed by atoms with E-state index < -0.39 is 30.0 Å². The quantitative estimate of drug-likeness (QED) is 0.640. The molecular formula is C25H28N2O7. The summed E-state index contributed by atoms with van der Waals surface area (Å²) in [5.41, 5.74) is 4.49. The number of hydrogen-bond donors (Lipinski definition) is 2. The molecule has 34 heavy (non-hydrogen) atoms. The van der Waals surface area contributed by atoms with Gasteiger partial charge < -0.3 is 29.5 Å². The minimum atomic E-state index is -1.02. The van der Waals surface area contributed by atoms with Crippen molar-refractivity contribution in [2.24, 2.45) is 5.92 Å². The van der Waals surface area contributed by atoms with Crippen molar-refractivity contribution >= 4 is 18.0 Å². The number of amides is 2. The van der Waals surface area contributed by atoms with Crippen LogP contribution in [0.5, 0.6) is 0 Å². The number of carbonyl (C=O) groups is 3. The van der Waals surface area contributed by atoms with E-state index in [-0.39, 0.29) is 45.4 Å². The van der Waals surface area contributed by atoms with Crippen molar-refractivity contribution in [3.63, 3.8) is 0 Å². The smallest absolute Gasteiger partial charge is 0.407 e. The lowest BCUT2D eigenvalue weighted by Crippen LogP contribution is -2.48. The molecule has 4 rings (SSSR count). The molecule has 2 unspecified atom stereocenters. The fourth-order valence-electron chi connectivity index (χ4n) is 4.46. The maximum absolute atomic E-state index is 12.9. The molecule has 0 spiro atoms. The molecule has 1 heterocycles. The summed E-state index contributed by atoms with van der Waals surface area (Å²) in [6, 6.07) is 16.1. The van der Waals surface area contributed by atoms with Crippen molar-refractivity contribution in [3.05, 3.63) is 59.7 Å². The molecule has 1 saturated heterocycles. The van der Waals surface area contributed by atoms with Gasteiger partial charge in [0, 0.05) is 26.1 Å². The molecule has 9 nitrogen and oxygen atoms in total. The summed E-state index contributed by atoms with van der Waals surface area (Å²) in [6.45, 7) is 0.642. The number of ether oxygens (including phenoxy) is 3. The number of carboxylic acids is 1. The number of carboxylic acid groups (broad SMARTS) is 1. The highest BCUT2D eigenvalue weighted by molar-refractivity contribution is 5.83. The first-order chi connectivity index (χ1) is 16.5. The van der Waals surface area contributed by atoms with Crippen LogP contribution in [0, 0.1) is 5.92 Å². The van der Waals surface area contributed by atoms with Gasteiger partial charge >= 0.3 is 12.1 Å². The Kier molecular flexibility index (Phi) is 7.44. The van der Waals surface area contributed by atoms with Gasteiger partial charge in [0.15, 0.2) is 6.10 Å². The van der Waals surface area contributed by atoms with Gasteiger partial charge in [0.05, 0.1) is 25.7 Å². The minimum Gasteiger partial charge on any atom is -0.481 e. The molecule has 2 amide bonds. The summed E-state index contributed by atoms with van der Waals surface area (Å²) < 4.78 is 16.1. The summed E-state index contributed by atoms with van der Waals surface area (Å²) in [5, 5.41) is 11.9. The van der Waals surface area contributed by atoms with Gasteiger partial charge in [-0.15, -0.1) is 0 Å². The topological polar surface area (TPSA) is 114 Å². The van der Waals surface area contributed by atoms with Crippen LogP contribution in [0.1, 0.15) is 17.0 Å². The van der Waals surface area contributed by atoms with Crippen LogP contribution in [0.3, 0.4) is 0 Å². The van der Waals surface area contributed by atoms with Crippen LogP contribution in [-0.2, 0) is 23.8 Å². The molecule has 0 aromatic heterocycles. The van der Waals surface area contributed by atoms with E-state index in [0.717, 1.165) is 22.3 Å². The van der Waals surface area contributed by atoms with Crippen LogP contribution >= 0.6 is 0 Å². The molecule has 1 aliphatic heterocycles. The molecule has 2 atom stereocenters. The second-order valence-electron chi connectivity index (χ2n) is 8.33. The van der Waals surface area contributed by atoms with E-state index >= 15 is 0 Å². The van der Waals surface area contributed by atoms with Crippen molar-refractivity contribution in [2.45, 2.75) is 12.0 Å². The average Bonchev–Trinajstić information content (AvgIpc) is 2.98. The maximum Gasteiger partial charge on any atom is 0.407 e. The maximum atomic E-state index is 12.9. The Hall–Kier alpha value is -3.43. The van der Waals surface area contributed by atoms with Gasteiger partial charge in [0.2, 0.25) is 0 Å². The van der Waals surface area contributed by atoms with E-state index in [1.165, 1.54) is 12.0 Å². The molecule has 1 fully saturated rings. The van der Waals surface area contributed by atoms with Gasteiger partial charge in [-0.05, 0) is 22.3 Å². The number of aliphatic carboxylic acids is 1. The van der Waals surface area contributed by atoms with Crippen molar-refractivity contribution in [2.75, 3.05) is 46.6 Å². The lowest BCUT2D eigenvalue weighted by atomic mass is 9.98. The number of alkyl carbamates (subject to hydrolysis) is 1. The standard InChI is InChI=1S/C25H28N2O7/c1-32-22(23(28)27-10-11-33-14-16(13-27)24(29)30)12-26-25(31)34-15-21-19-8-4-2-6-17(19)18-7-3-5-9-20(18)21/h2-9,16,21-22H,10-15H2,1H3,(H,26,31)(H,29,30). The van der Waals surface area contributed by atoms with Gasteiger partial charge in [-0.3, -0.25) is 9.59 Å². The normalized spacial score (nSPS) is 18.4. The number of rotatable bonds is 7. The van der Waals surface area contributed by atoms with Crippen LogP contribution in [0.4, 0.5) is 4.79 Å². The van der Waals surface area contributed by atoms with Gasteiger partial charge in [0.1, 0.15) is 6.61 Å². The van der Waals surface area contributed by atoms with Crippen molar-refractivity contribution < 1.29 is 33.7 Å².